The summed E-state index contributed by atoms with van der Waals surface area (Å²) in [5, 5.41) is 5.66. The summed E-state index contributed by atoms with van der Waals surface area (Å²) in [5.74, 6) is -0.111. The lowest BCUT2D eigenvalue weighted by Crippen LogP contribution is -2.45. The van der Waals surface area contributed by atoms with Crippen LogP contribution in [-0.2, 0) is 6.54 Å². The number of carbonyl (C=O) groups excluding carboxylic acids is 1. The van der Waals surface area contributed by atoms with Crippen molar-refractivity contribution in [3.63, 3.8) is 0 Å². The largest absolute Gasteiger partial charge is 0.347 e. The Morgan fingerprint density at radius 1 is 1.41 bits per heavy atom. The van der Waals surface area contributed by atoms with Crippen molar-refractivity contribution in [3.05, 3.63) is 16.1 Å². The molecule has 22 heavy (non-hydrogen) atoms. The fourth-order valence-electron chi connectivity index (χ4n) is 1.85. The molecular weight excluding hydrogens is 343 g/mol. The van der Waals surface area contributed by atoms with Crippen LogP contribution in [-0.4, -0.2) is 42.5 Å². The first-order valence-corrected chi connectivity index (χ1v) is 7.72. The van der Waals surface area contributed by atoms with Crippen LogP contribution in [0.2, 0.25) is 0 Å². The van der Waals surface area contributed by atoms with E-state index in [4.69, 9.17) is 5.73 Å². The Kier molecular flexibility index (Phi) is 11.3. The lowest BCUT2D eigenvalue weighted by Gasteiger charge is -2.32. The van der Waals surface area contributed by atoms with Crippen LogP contribution in [0.3, 0.4) is 0 Å². The number of hydrogen-bond donors (Lipinski definition) is 2. The van der Waals surface area contributed by atoms with Crippen molar-refractivity contribution < 1.29 is 4.79 Å². The number of hydrogen-bond acceptors (Lipinski definition) is 5. The number of thiazole rings is 1. The lowest BCUT2D eigenvalue weighted by molar-refractivity contribution is 0.0888. The number of nitrogens with zero attached hydrogens (tertiary/aromatic N) is 2. The van der Waals surface area contributed by atoms with E-state index in [0.717, 1.165) is 18.0 Å². The first kappa shape index (κ1) is 23.9. The highest BCUT2D eigenvalue weighted by Gasteiger charge is 2.27. The van der Waals surface area contributed by atoms with Crippen LogP contribution >= 0.6 is 36.2 Å². The molecule has 0 radical (unpaired) electrons. The number of nitrogens with one attached hydrogen (secondary N) is 1. The van der Waals surface area contributed by atoms with Crippen LogP contribution in [0.15, 0.2) is 5.38 Å². The van der Waals surface area contributed by atoms with Gasteiger partial charge in [0.15, 0.2) is 0 Å². The predicted octanol–water partition coefficient (Wildman–Crippen LogP) is 2.54. The van der Waals surface area contributed by atoms with Gasteiger partial charge in [0.25, 0.3) is 5.91 Å². The number of nitrogens with two attached hydrogens (primary N) is 1. The van der Waals surface area contributed by atoms with E-state index in [1.54, 1.807) is 5.38 Å². The molecule has 0 spiro atoms. The minimum Gasteiger partial charge on any atom is -0.347 e. The molecular formula is C14H28Cl2N4OS. The van der Waals surface area contributed by atoms with Crippen LogP contribution in [0, 0.1) is 5.41 Å². The maximum absolute atomic E-state index is 12.3. The zero-order valence-electron chi connectivity index (χ0n) is 13.9. The molecule has 0 aliphatic carbocycles. The average molecular weight is 371 g/mol. The minimum atomic E-state index is -0.111. The smallest absolute Gasteiger partial charge is 0.270 e. The minimum absolute atomic E-state index is 0. The van der Waals surface area contributed by atoms with Crippen molar-refractivity contribution in [2.75, 3.05) is 20.6 Å². The third kappa shape index (κ3) is 7.74. The number of rotatable bonds is 6. The maximum atomic E-state index is 12.3. The molecule has 0 saturated carbocycles. The van der Waals surface area contributed by atoms with Gasteiger partial charge in [-0.25, -0.2) is 4.98 Å². The van der Waals surface area contributed by atoms with Gasteiger partial charge in [-0.3, -0.25) is 4.79 Å². The summed E-state index contributed by atoms with van der Waals surface area (Å²) >= 11 is 1.43. The van der Waals surface area contributed by atoms with Gasteiger partial charge >= 0.3 is 0 Å². The molecule has 0 bridgehead atoms. The summed E-state index contributed by atoms with van der Waals surface area (Å²) in [7, 11) is 4.07. The second kappa shape index (κ2) is 10.4. The molecule has 1 heterocycles. The Labute approximate surface area is 149 Å². The van der Waals surface area contributed by atoms with Crippen LogP contribution in [0.1, 0.15) is 42.7 Å². The van der Waals surface area contributed by atoms with Gasteiger partial charge in [-0.05, 0) is 32.5 Å². The van der Waals surface area contributed by atoms with Crippen molar-refractivity contribution in [2.24, 2.45) is 11.1 Å². The van der Waals surface area contributed by atoms with Gasteiger partial charge in [0.05, 0.1) is 0 Å². The molecule has 0 saturated heterocycles. The molecule has 0 aliphatic rings. The molecule has 8 heteroatoms. The fraction of sp³-hybridized carbons (Fsp3) is 0.714. The van der Waals surface area contributed by atoms with E-state index in [2.05, 4.69) is 36.0 Å². The Hall–Kier alpha value is -0.400. The van der Waals surface area contributed by atoms with Crippen LogP contribution in [0.5, 0.6) is 0 Å². The molecule has 1 unspecified atom stereocenters. The summed E-state index contributed by atoms with van der Waals surface area (Å²) in [6, 6.07) is 0.112. The van der Waals surface area contributed by atoms with E-state index in [9.17, 15) is 4.79 Å². The standard InChI is InChI=1S/C14H26N4OS.2ClH/c1-14(2,3)11(6-7-18(4)5)17-13(19)10-9-20-12(8-15)16-10;;/h9,11H,6-8,15H2,1-5H3,(H,17,19);2*1H. The monoisotopic (exact) mass is 370 g/mol. The second-order valence-electron chi connectivity index (χ2n) is 6.31. The molecule has 1 aromatic heterocycles. The topological polar surface area (TPSA) is 71.2 Å². The van der Waals surface area contributed by atoms with Crippen LogP contribution < -0.4 is 11.1 Å². The third-order valence-electron chi connectivity index (χ3n) is 3.17. The number of aromatic nitrogens is 1. The molecule has 1 rings (SSSR count). The van der Waals surface area contributed by atoms with Crippen LogP contribution in [0.25, 0.3) is 0 Å². The zero-order valence-corrected chi connectivity index (χ0v) is 16.3. The van der Waals surface area contributed by atoms with E-state index < -0.39 is 0 Å². The summed E-state index contributed by atoms with van der Waals surface area (Å²) < 4.78 is 0. The molecule has 0 aromatic carbocycles. The van der Waals surface area contributed by atoms with Crippen molar-refractivity contribution in [3.8, 4) is 0 Å². The summed E-state index contributed by atoms with van der Waals surface area (Å²) in [5.41, 5.74) is 6.00. The maximum Gasteiger partial charge on any atom is 0.270 e. The Morgan fingerprint density at radius 2 is 2.00 bits per heavy atom. The second-order valence-corrected chi connectivity index (χ2v) is 7.26. The molecule has 1 atom stereocenters. The highest BCUT2D eigenvalue weighted by molar-refractivity contribution is 7.09. The van der Waals surface area contributed by atoms with E-state index in [1.807, 2.05) is 14.1 Å². The highest BCUT2D eigenvalue weighted by Crippen LogP contribution is 2.22. The molecule has 0 fully saturated rings. The van der Waals surface area contributed by atoms with Crippen LogP contribution in [0.4, 0.5) is 0 Å². The number of halogens is 2. The fourth-order valence-corrected chi connectivity index (χ4v) is 2.50. The summed E-state index contributed by atoms with van der Waals surface area (Å²) in [6.07, 6.45) is 0.913. The Balaban J connectivity index is 0. The van der Waals surface area contributed by atoms with Crippen molar-refractivity contribution >= 4 is 42.1 Å². The average Bonchev–Trinajstić information content (AvgIpc) is 2.81. The van der Waals surface area contributed by atoms with Gasteiger partial charge in [-0.1, -0.05) is 20.8 Å². The van der Waals surface area contributed by atoms with E-state index in [-0.39, 0.29) is 42.2 Å². The Morgan fingerprint density at radius 3 is 2.41 bits per heavy atom. The molecule has 3 N–H and O–H groups in total. The van der Waals surface area contributed by atoms with Gasteiger partial charge in [0.1, 0.15) is 10.7 Å². The van der Waals surface area contributed by atoms with E-state index in [0.29, 0.717) is 12.2 Å². The van der Waals surface area contributed by atoms with E-state index >= 15 is 0 Å². The molecule has 0 aliphatic heterocycles. The summed E-state index contributed by atoms with van der Waals surface area (Å²) in [4.78, 5) is 18.6. The SMILES string of the molecule is CN(C)CCC(NC(=O)c1csc(CN)n1)C(C)(C)C.Cl.Cl. The normalized spacial score (nSPS) is 12.3. The first-order valence-electron chi connectivity index (χ1n) is 6.84. The third-order valence-corrected chi connectivity index (χ3v) is 4.05. The molecule has 1 aromatic rings. The van der Waals surface area contributed by atoms with Gasteiger partial charge in [0, 0.05) is 18.0 Å². The predicted molar refractivity (Wildman–Crippen MR) is 98.4 cm³/mol. The van der Waals surface area contributed by atoms with E-state index in [1.165, 1.54) is 11.3 Å². The van der Waals surface area contributed by atoms with Crippen molar-refractivity contribution in [1.82, 2.24) is 15.2 Å². The highest BCUT2D eigenvalue weighted by atomic mass is 35.5. The quantitative estimate of drug-likeness (QED) is 0.806. The van der Waals surface area contributed by atoms with Gasteiger partial charge in [0.2, 0.25) is 0 Å². The van der Waals surface area contributed by atoms with Gasteiger partial charge in [-0.15, -0.1) is 36.2 Å². The lowest BCUT2D eigenvalue weighted by atomic mass is 9.84. The molecule has 5 nitrogen and oxygen atoms in total. The van der Waals surface area contributed by atoms with Crippen molar-refractivity contribution in [2.45, 2.75) is 39.8 Å². The number of amides is 1. The first-order chi connectivity index (χ1) is 9.24. The summed E-state index contributed by atoms with van der Waals surface area (Å²) in [6.45, 7) is 7.73. The molecule has 1 amide bonds. The number of carbonyl (C=O) groups is 1. The Bertz CT molecular complexity index is 446. The zero-order chi connectivity index (χ0) is 15.3. The van der Waals surface area contributed by atoms with Gasteiger partial charge in [-0.2, -0.15) is 0 Å². The molecule has 130 valence electrons. The van der Waals surface area contributed by atoms with Gasteiger partial charge < -0.3 is 16.0 Å². The van der Waals surface area contributed by atoms with Crippen molar-refractivity contribution in [1.29, 1.82) is 0 Å².